The largest absolute Gasteiger partial charge is 0.388 e. The summed E-state index contributed by atoms with van der Waals surface area (Å²) in [4.78, 5) is 19.0. The molecule has 1 heterocycles. The molecule has 0 aliphatic carbocycles. The van der Waals surface area contributed by atoms with Gasteiger partial charge in [0, 0.05) is 24.9 Å². The van der Waals surface area contributed by atoms with Crippen LogP contribution < -0.4 is 0 Å². The van der Waals surface area contributed by atoms with Crippen LogP contribution in [-0.4, -0.2) is 27.5 Å². The number of carbonyl (C=O) groups excluding carboxylic acids is 1. The third-order valence-electron chi connectivity index (χ3n) is 2.46. The van der Waals surface area contributed by atoms with Crippen molar-refractivity contribution >= 4 is 5.78 Å². The zero-order valence-corrected chi connectivity index (χ0v) is 9.81. The number of benzene rings is 1. The van der Waals surface area contributed by atoms with Gasteiger partial charge in [-0.1, -0.05) is 0 Å². The molecule has 1 aromatic carbocycles. The highest BCUT2D eigenvalue weighted by Crippen LogP contribution is 2.11. The zero-order valence-electron chi connectivity index (χ0n) is 9.81. The summed E-state index contributed by atoms with van der Waals surface area (Å²) in [5.41, 5.74) is 0.593. The first-order chi connectivity index (χ1) is 9.08. The van der Waals surface area contributed by atoms with Crippen LogP contribution in [0.1, 0.15) is 21.7 Å². The number of nitrogens with zero attached hydrogens (tertiary/aromatic N) is 2. The average Bonchev–Trinajstić information content (AvgIpc) is 2.37. The number of ketones is 1. The minimum Gasteiger partial charge on any atom is -0.388 e. The van der Waals surface area contributed by atoms with Crippen LogP contribution in [0.15, 0.2) is 30.6 Å². The molecule has 0 radical (unpaired) electrons. The van der Waals surface area contributed by atoms with Crippen LogP contribution >= 0.6 is 0 Å². The second kappa shape index (κ2) is 5.62. The monoisotopic (exact) mass is 264 g/mol. The summed E-state index contributed by atoms with van der Waals surface area (Å²) < 4.78 is 26.0. The molecule has 0 aliphatic rings. The number of aromatic nitrogens is 2. The Morgan fingerprint density at radius 1 is 1.11 bits per heavy atom. The Kier molecular flexibility index (Phi) is 3.91. The summed E-state index contributed by atoms with van der Waals surface area (Å²) in [6.07, 6.45) is 2.70. The number of rotatable bonds is 4. The van der Waals surface area contributed by atoms with E-state index in [1.165, 1.54) is 24.5 Å². The molecule has 4 nitrogen and oxygen atoms in total. The second-order valence-corrected chi connectivity index (χ2v) is 3.92. The summed E-state index contributed by atoms with van der Waals surface area (Å²) in [5.74, 6) is -1.48. The summed E-state index contributed by atoms with van der Waals surface area (Å²) in [6.45, 7) is -0.613. The van der Waals surface area contributed by atoms with Crippen LogP contribution in [-0.2, 0) is 6.42 Å². The predicted molar refractivity (Wildman–Crippen MR) is 62.6 cm³/mol. The molecule has 0 bridgehead atoms. The van der Waals surface area contributed by atoms with Crippen LogP contribution in [0, 0.1) is 11.6 Å². The first-order valence-corrected chi connectivity index (χ1v) is 5.48. The quantitative estimate of drug-likeness (QED) is 0.850. The number of hydrogen-bond acceptors (Lipinski definition) is 4. The lowest BCUT2D eigenvalue weighted by molar-refractivity contribution is 0.0903. The van der Waals surface area contributed by atoms with Gasteiger partial charge in [0.25, 0.3) is 0 Å². The Labute approximate surface area is 107 Å². The third kappa shape index (κ3) is 3.38. The molecule has 0 amide bonds. The summed E-state index contributed by atoms with van der Waals surface area (Å²) in [7, 11) is 0. The smallest absolute Gasteiger partial charge is 0.191 e. The minimum atomic E-state index is -0.665. The number of aliphatic hydroxyl groups is 1. The molecule has 0 aliphatic heterocycles. The fourth-order valence-electron chi connectivity index (χ4n) is 1.58. The van der Waals surface area contributed by atoms with Crippen LogP contribution in [0.4, 0.5) is 8.78 Å². The highest BCUT2D eigenvalue weighted by atomic mass is 19.1. The van der Waals surface area contributed by atoms with Gasteiger partial charge in [0.1, 0.15) is 24.1 Å². The number of aliphatic hydroxyl groups excluding tert-OH is 1. The van der Waals surface area contributed by atoms with Gasteiger partial charge in [-0.25, -0.2) is 18.7 Å². The van der Waals surface area contributed by atoms with E-state index in [2.05, 4.69) is 9.97 Å². The molecule has 0 spiro atoms. The van der Waals surface area contributed by atoms with Gasteiger partial charge in [-0.05, 0) is 17.7 Å². The Morgan fingerprint density at radius 3 is 2.21 bits per heavy atom. The van der Waals surface area contributed by atoms with Crippen molar-refractivity contribution in [2.75, 3.05) is 6.61 Å². The molecule has 0 saturated carbocycles. The molecule has 2 rings (SSSR count). The average molecular weight is 264 g/mol. The molecule has 0 atom stereocenters. The van der Waals surface area contributed by atoms with E-state index in [1.807, 2.05) is 0 Å². The number of Topliss-reactive ketones (excluding diaryl/α,β-unsaturated/α-hetero) is 1. The van der Waals surface area contributed by atoms with Gasteiger partial charge >= 0.3 is 0 Å². The first kappa shape index (κ1) is 13.2. The van der Waals surface area contributed by atoms with E-state index in [9.17, 15) is 13.6 Å². The van der Waals surface area contributed by atoms with Gasteiger partial charge < -0.3 is 5.11 Å². The van der Waals surface area contributed by atoms with Crippen LogP contribution in [0.25, 0.3) is 0 Å². The zero-order chi connectivity index (χ0) is 13.8. The number of carbonyl (C=O) groups is 1. The normalized spacial score (nSPS) is 10.5. The van der Waals surface area contributed by atoms with Crippen molar-refractivity contribution in [1.29, 1.82) is 0 Å². The molecule has 98 valence electrons. The highest BCUT2D eigenvalue weighted by molar-refractivity contribution is 5.96. The highest BCUT2D eigenvalue weighted by Gasteiger charge is 2.07. The molecular formula is C13H10F2N2O2. The summed E-state index contributed by atoms with van der Waals surface area (Å²) in [6, 6.07) is 3.17. The minimum absolute atomic E-state index is 0.155. The van der Waals surface area contributed by atoms with Gasteiger partial charge in [-0.15, -0.1) is 0 Å². The molecular weight excluding hydrogens is 254 g/mol. The van der Waals surface area contributed by atoms with Crippen molar-refractivity contribution in [2.24, 2.45) is 0 Å². The standard InChI is InChI=1S/C13H10F2N2O2/c14-10-1-8(2-11(15)4-10)3-13-16-5-9(6-17-13)12(19)7-18/h1-2,4-6,18H,3,7H2. The van der Waals surface area contributed by atoms with Crippen molar-refractivity contribution in [3.8, 4) is 0 Å². The molecule has 0 fully saturated rings. The van der Waals surface area contributed by atoms with E-state index >= 15 is 0 Å². The van der Waals surface area contributed by atoms with Crippen LogP contribution in [0.5, 0.6) is 0 Å². The van der Waals surface area contributed by atoms with Crippen molar-refractivity contribution in [3.05, 3.63) is 59.2 Å². The summed E-state index contributed by atoms with van der Waals surface area (Å²) >= 11 is 0. The van der Waals surface area contributed by atoms with E-state index in [-0.39, 0.29) is 12.0 Å². The molecule has 0 unspecified atom stereocenters. The molecule has 0 saturated heterocycles. The van der Waals surface area contributed by atoms with E-state index in [0.717, 1.165) is 6.07 Å². The molecule has 1 N–H and O–H groups in total. The topological polar surface area (TPSA) is 63.1 Å². The van der Waals surface area contributed by atoms with Gasteiger partial charge in [0.05, 0.1) is 5.56 Å². The summed E-state index contributed by atoms with van der Waals surface area (Å²) in [5, 5.41) is 8.67. The lowest BCUT2D eigenvalue weighted by Gasteiger charge is -2.02. The van der Waals surface area contributed by atoms with E-state index < -0.39 is 24.0 Å². The lowest BCUT2D eigenvalue weighted by Crippen LogP contribution is -2.07. The Balaban J connectivity index is 2.17. The van der Waals surface area contributed by atoms with E-state index in [0.29, 0.717) is 11.4 Å². The van der Waals surface area contributed by atoms with Gasteiger partial charge in [0.15, 0.2) is 5.78 Å². The van der Waals surface area contributed by atoms with Crippen LogP contribution in [0.2, 0.25) is 0 Å². The fourth-order valence-corrected chi connectivity index (χ4v) is 1.58. The maximum absolute atomic E-state index is 13.0. The van der Waals surface area contributed by atoms with Crippen molar-refractivity contribution in [3.63, 3.8) is 0 Å². The maximum Gasteiger partial charge on any atom is 0.191 e. The van der Waals surface area contributed by atoms with Crippen molar-refractivity contribution in [2.45, 2.75) is 6.42 Å². The predicted octanol–water partition coefficient (Wildman–Crippen LogP) is 1.52. The Morgan fingerprint density at radius 2 is 1.68 bits per heavy atom. The van der Waals surface area contributed by atoms with Gasteiger partial charge in [-0.2, -0.15) is 0 Å². The van der Waals surface area contributed by atoms with E-state index in [4.69, 9.17) is 5.11 Å². The Bertz CT molecular complexity index is 580. The molecule has 6 heteroatoms. The lowest BCUT2D eigenvalue weighted by atomic mass is 10.1. The molecule has 19 heavy (non-hydrogen) atoms. The SMILES string of the molecule is O=C(CO)c1cnc(Cc2cc(F)cc(F)c2)nc1. The first-order valence-electron chi connectivity index (χ1n) is 5.48. The maximum atomic E-state index is 13.0. The number of hydrogen-bond donors (Lipinski definition) is 1. The third-order valence-corrected chi connectivity index (χ3v) is 2.46. The Hall–Kier alpha value is -2.21. The van der Waals surface area contributed by atoms with Gasteiger partial charge in [0.2, 0.25) is 0 Å². The van der Waals surface area contributed by atoms with Gasteiger partial charge in [-0.3, -0.25) is 4.79 Å². The van der Waals surface area contributed by atoms with Crippen molar-refractivity contribution in [1.82, 2.24) is 9.97 Å². The fraction of sp³-hybridized carbons (Fsp3) is 0.154. The van der Waals surface area contributed by atoms with Crippen LogP contribution in [0.3, 0.4) is 0 Å². The van der Waals surface area contributed by atoms with E-state index in [1.54, 1.807) is 0 Å². The number of halogens is 2. The molecule has 1 aromatic heterocycles. The second-order valence-electron chi connectivity index (χ2n) is 3.92. The molecule has 2 aromatic rings. The van der Waals surface area contributed by atoms with Crippen molar-refractivity contribution < 1.29 is 18.7 Å².